The number of aliphatic hydroxyl groups is 1. The van der Waals surface area contributed by atoms with E-state index >= 15 is 0 Å². The molecule has 4 N–H and O–H groups in total. The average molecular weight is 438 g/mol. The quantitative estimate of drug-likeness (QED) is 0.509. The predicted octanol–water partition coefficient (Wildman–Crippen LogP) is -1.21. The predicted molar refractivity (Wildman–Crippen MR) is 105 cm³/mol. The zero-order chi connectivity index (χ0) is 22.1. The van der Waals surface area contributed by atoms with Crippen LogP contribution in [0, 0.1) is 0 Å². The first-order chi connectivity index (χ1) is 14.0. The standard InChI is InChI=1S/C18H22N4O7S/c1-18(26)7-9-21(10-14(18)22-8-6-16(24)20-17(22)25)30(27,28)13-4-2-12(3-5-13)29-11-15(19)23/h2-6,8,14,26H,7,9-11H2,1H3,(H2,19,23)(H,20,24,25)/t14-,18-/m1/s1. The lowest BCUT2D eigenvalue weighted by Gasteiger charge is -2.42. The molecular weight excluding hydrogens is 416 g/mol. The van der Waals surface area contributed by atoms with Gasteiger partial charge in [0, 0.05) is 25.4 Å². The number of H-pyrrole nitrogens is 1. The molecule has 1 saturated heterocycles. The highest BCUT2D eigenvalue weighted by Crippen LogP contribution is 2.33. The van der Waals surface area contributed by atoms with Crippen LogP contribution in [0.4, 0.5) is 0 Å². The highest BCUT2D eigenvalue weighted by Gasteiger charge is 2.43. The minimum absolute atomic E-state index is 0.0111. The van der Waals surface area contributed by atoms with Gasteiger partial charge in [0.25, 0.3) is 11.5 Å². The number of piperidine rings is 1. The lowest BCUT2D eigenvalue weighted by molar-refractivity contribution is -0.119. The normalized spacial score (nSPS) is 22.5. The topological polar surface area (TPSA) is 165 Å². The van der Waals surface area contributed by atoms with E-state index in [-0.39, 0.29) is 36.8 Å². The Labute approximate surface area is 171 Å². The monoisotopic (exact) mass is 438 g/mol. The summed E-state index contributed by atoms with van der Waals surface area (Å²) in [6, 6.07) is 5.71. The van der Waals surface area contributed by atoms with Gasteiger partial charge >= 0.3 is 5.69 Å². The van der Waals surface area contributed by atoms with Crippen molar-refractivity contribution in [3.05, 3.63) is 57.4 Å². The lowest BCUT2D eigenvalue weighted by Crippen LogP contribution is -2.54. The van der Waals surface area contributed by atoms with E-state index in [4.69, 9.17) is 10.5 Å². The molecule has 0 aliphatic carbocycles. The van der Waals surface area contributed by atoms with E-state index in [2.05, 4.69) is 4.98 Å². The SMILES string of the molecule is C[C@@]1(O)CCN(S(=O)(=O)c2ccc(OCC(N)=O)cc2)C[C@H]1n1ccc(=O)[nH]c1=O. The fourth-order valence-corrected chi connectivity index (χ4v) is 4.74. The minimum atomic E-state index is -3.93. The van der Waals surface area contributed by atoms with Crippen LogP contribution in [0.2, 0.25) is 0 Å². The molecule has 0 unspecified atom stereocenters. The van der Waals surface area contributed by atoms with Gasteiger partial charge in [-0.25, -0.2) is 13.2 Å². The highest BCUT2D eigenvalue weighted by molar-refractivity contribution is 7.89. The summed E-state index contributed by atoms with van der Waals surface area (Å²) in [6.07, 6.45) is 1.32. The largest absolute Gasteiger partial charge is 0.484 e. The molecule has 1 aliphatic rings. The molecule has 11 nitrogen and oxygen atoms in total. The van der Waals surface area contributed by atoms with Crippen LogP contribution in [-0.2, 0) is 14.8 Å². The van der Waals surface area contributed by atoms with Crippen molar-refractivity contribution < 1.29 is 23.1 Å². The third kappa shape index (κ3) is 4.45. The first kappa shape index (κ1) is 21.7. The fourth-order valence-electron chi connectivity index (χ4n) is 3.29. The number of nitrogens with two attached hydrogens (primary N) is 1. The molecule has 1 aliphatic heterocycles. The van der Waals surface area contributed by atoms with E-state index < -0.39 is 38.8 Å². The maximum Gasteiger partial charge on any atom is 0.328 e. The molecule has 1 aromatic carbocycles. The molecule has 1 fully saturated rings. The van der Waals surface area contributed by atoms with Crippen LogP contribution in [0.3, 0.4) is 0 Å². The van der Waals surface area contributed by atoms with Crippen molar-refractivity contribution in [2.75, 3.05) is 19.7 Å². The van der Waals surface area contributed by atoms with Gasteiger partial charge in [-0.05, 0) is 37.6 Å². The van der Waals surface area contributed by atoms with E-state index in [9.17, 15) is 27.9 Å². The molecule has 3 rings (SSSR count). The van der Waals surface area contributed by atoms with Crippen LogP contribution in [0.15, 0.2) is 51.0 Å². The minimum Gasteiger partial charge on any atom is -0.484 e. The smallest absolute Gasteiger partial charge is 0.328 e. The summed E-state index contributed by atoms with van der Waals surface area (Å²) in [7, 11) is -3.93. The third-order valence-electron chi connectivity index (χ3n) is 4.99. The number of ether oxygens (including phenoxy) is 1. The van der Waals surface area contributed by atoms with Crippen LogP contribution >= 0.6 is 0 Å². The summed E-state index contributed by atoms with van der Waals surface area (Å²) in [4.78, 5) is 36.4. The number of carbonyl (C=O) groups is 1. The second-order valence-electron chi connectivity index (χ2n) is 7.23. The van der Waals surface area contributed by atoms with Gasteiger partial charge in [-0.3, -0.25) is 19.1 Å². The van der Waals surface area contributed by atoms with Crippen molar-refractivity contribution in [2.24, 2.45) is 5.73 Å². The summed E-state index contributed by atoms with van der Waals surface area (Å²) < 4.78 is 33.6. The molecule has 0 spiro atoms. The Morgan fingerprint density at radius 2 is 1.97 bits per heavy atom. The number of nitrogens with zero attached hydrogens (tertiary/aromatic N) is 2. The number of nitrogens with one attached hydrogen (secondary N) is 1. The number of sulfonamides is 1. The molecule has 0 radical (unpaired) electrons. The van der Waals surface area contributed by atoms with Crippen LogP contribution in [-0.4, -0.2) is 58.6 Å². The van der Waals surface area contributed by atoms with Crippen LogP contribution in [0.25, 0.3) is 0 Å². The van der Waals surface area contributed by atoms with Gasteiger partial charge in [0.05, 0.1) is 16.5 Å². The summed E-state index contributed by atoms with van der Waals surface area (Å²) >= 11 is 0. The summed E-state index contributed by atoms with van der Waals surface area (Å²) in [5.41, 5.74) is 2.33. The number of aromatic amines is 1. The average Bonchev–Trinajstić information content (AvgIpc) is 2.67. The fraction of sp³-hybridized carbons (Fsp3) is 0.389. The maximum atomic E-state index is 13.1. The van der Waals surface area contributed by atoms with Gasteiger partial charge in [0.15, 0.2) is 6.61 Å². The number of benzene rings is 1. The Hall–Kier alpha value is -2.96. The summed E-state index contributed by atoms with van der Waals surface area (Å²) in [5, 5.41) is 10.7. The first-order valence-electron chi connectivity index (χ1n) is 9.06. The van der Waals surface area contributed by atoms with E-state index in [1.54, 1.807) is 0 Å². The van der Waals surface area contributed by atoms with Crippen molar-refractivity contribution in [3.63, 3.8) is 0 Å². The summed E-state index contributed by atoms with van der Waals surface area (Å²) in [5.74, 6) is -0.373. The van der Waals surface area contributed by atoms with E-state index in [0.29, 0.717) is 0 Å². The van der Waals surface area contributed by atoms with Gasteiger partial charge in [0.1, 0.15) is 5.75 Å². The number of hydrogen-bond acceptors (Lipinski definition) is 7. The van der Waals surface area contributed by atoms with E-state index in [1.165, 1.54) is 41.7 Å². The number of rotatable bonds is 6. The van der Waals surface area contributed by atoms with Gasteiger partial charge in [0.2, 0.25) is 10.0 Å². The molecule has 2 aromatic rings. The number of primary amides is 1. The van der Waals surface area contributed by atoms with Crippen molar-refractivity contribution in [3.8, 4) is 5.75 Å². The van der Waals surface area contributed by atoms with Crippen molar-refractivity contribution in [1.29, 1.82) is 0 Å². The Morgan fingerprint density at radius 3 is 2.57 bits per heavy atom. The Balaban J connectivity index is 1.87. The van der Waals surface area contributed by atoms with E-state index in [1.807, 2.05) is 0 Å². The summed E-state index contributed by atoms with van der Waals surface area (Å²) in [6.45, 7) is 1.07. The zero-order valence-electron chi connectivity index (χ0n) is 16.1. The Bertz CT molecular complexity index is 1150. The molecule has 0 bridgehead atoms. The Kier molecular flexibility index (Phi) is 5.83. The molecule has 1 amide bonds. The second kappa shape index (κ2) is 8.05. The number of hydrogen-bond donors (Lipinski definition) is 3. The molecule has 162 valence electrons. The molecule has 2 heterocycles. The van der Waals surface area contributed by atoms with Crippen LogP contribution < -0.4 is 21.7 Å². The second-order valence-corrected chi connectivity index (χ2v) is 9.17. The van der Waals surface area contributed by atoms with E-state index in [0.717, 1.165) is 10.6 Å². The third-order valence-corrected chi connectivity index (χ3v) is 6.87. The van der Waals surface area contributed by atoms with Gasteiger partial charge < -0.3 is 15.6 Å². The van der Waals surface area contributed by atoms with Gasteiger partial charge in [-0.15, -0.1) is 0 Å². The molecule has 0 saturated carbocycles. The van der Waals surface area contributed by atoms with Gasteiger partial charge in [-0.1, -0.05) is 0 Å². The highest BCUT2D eigenvalue weighted by atomic mass is 32.2. The van der Waals surface area contributed by atoms with Crippen molar-refractivity contribution >= 4 is 15.9 Å². The number of carbonyl (C=O) groups excluding carboxylic acids is 1. The Morgan fingerprint density at radius 1 is 1.30 bits per heavy atom. The lowest BCUT2D eigenvalue weighted by atomic mass is 9.89. The maximum absolute atomic E-state index is 13.1. The molecular formula is C18H22N4O7S. The molecule has 1 aromatic heterocycles. The zero-order valence-corrected chi connectivity index (χ0v) is 17.0. The number of aromatic nitrogens is 2. The van der Waals surface area contributed by atoms with Crippen molar-refractivity contribution in [2.45, 2.75) is 29.9 Å². The van der Waals surface area contributed by atoms with Crippen molar-refractivity contribution in [1.82, 2.24) is 13.9 Å². The van der Waals surface area contributed by atoms with Crippen LogP contribution in [0.5, 0.6) is 5.75 Å². The van der Waals surface area contributed by atoms with Gasteiger partial charge in [-0.2, -0.15) is 4.31 Å². The molecule has 12 heteroatoms. The first-order valence-corrected chi connectivity index (χ1v) is 10.5. The molecule has 2 atom stereocenters. The van der Waals surface area contributed by atoms with Crippen LogP contribution in [0.1, 0.15) is 19.4 Å². The molecule has 30 heavy (non-hydrogen) atoms. The number of amides is 1.